The molecule has 0 aliphatic heterocycles. The van der Waals surface area contributed by atoms with Gasteiger partial charge in [-0.2, -0.15) is 0 Å². The first-order valence-electron chi connectivity index (χ1n) is 5.98. The van der Waals surface area contributed by atoms with Gasteiger partial charge >= 0.3 is 0 Å². The van der Waals surface area contributed by atoms with Crippen LogP contribution in [-0.4, -0.2) is 22.5 Å². The Labute approximate surface area is 112 Å². The van der Waals surface area contributed by atoms with Crippen LogP contribution < -0.4 is 4.74 Å². The van der Waals surface area contributed by atoms with Gasteiger partial charge in [-0.1, -0.05) is 0 Å². The molecule has 0 unspecified atom stereocenters. The zero-order valence-corrected chi connectivity index (χ0v) is 11.4. The minimum absolute atomic E-state index is 0.676. The van der Waals surface area contributed by atoms with Crippen molar-refractivity contribution in [3.63, 3.8) is 0 Å². The molecular weight excluding hydrogens is 248 g/mol. The molecule has 2 aromatic rings. The van der Waals surface area contributed by atoms with Crippen LogP contribution in [0.25, 0.3) is 11.3 Å². The average Bonchev–Trinajstić information content (AvgIpc) is 2.78. The Bertz CT molecular complexity index is 505. The maximum atomic E-state index is 5.71. The van der Waals surface area contributed by atoms with Gasteiger partial charge in [-0.05, 0) is 37.6 Å². The summed E-state index contributed by atoms with van der Waals surface area (Å²) in [7, 11) is 1.67. The summed E-state index contributed by atoms with van der Waals surface area (Å²) in [5.74, 6) is 2.55. The van der Waals surface area contributed by atoms with Crippen molar-refractivity contribution in [1.29, 1.82) is 0 Å². The van der Waals surface area contributed by atoms with Crippen LogP contribution in [0.5, 0.6) is 5.75 Å². The Morgan fingerprint density at radius 3 is 2.61 bits per heavy atom. The van der Waals surface area contributed by atoms with Crippen LogP contribution in [0.1, 0.15) is 12.2 Å². The maximum Gasteiger partial charge on any atom is 0.118 e. The SMILES string of the molecule is COc1ccc(-c2cn(CCCCl)c(C)n2)cc1. The van der Waals surface area contributed by atoms with E-state index in [0.29, 0.717) is 5.88 Å². The molecule has 0 fully saturated rings. The van der Waals surface area contributed by atoms with Gasteiger partial charge in [0.1, 0.15) is 11.6 Å². The fourth-order valence-corrected chi connectivity index (χ4v) is 1.99. The van der Waals surface area contributed by atoms with Gasteiger partial charge in [0.05, 0.1) is 12.8 Å². The normalized spacial score (nSPS) is 10.6. The Kier molecular flexibility index (Phi) is 4.26. The molecular formula is C14H17ClN2O. The second-order valence-electron chi connectivity index (χ2n) is 4.14. The first-order chi connectivity index (χ1) is 8.74. The summed E-state index contributed by atoms with van der Waals surface area (Å²) in [6, 6.07) is 7.93. The predicted octanol–water partition coefficient (Wildman–Crippen LogP) is 3.50. The summed E-state index contributed by atoms with van der Waals surface area (Å²) in [4.78, 5) is 4.57. The van der Waals surface area contributed by atoms with Crippen molar-refractivity contribution in [2.45, 2.75) is 19.9 Å². The van der Waals surface area contributed by atoms with Gasteiger partial charge in [0, 0.05) is 24.2 Å². The first-order valence-corrected chi connectivity index (χ1v) is 6.52. The predicted molar refractivity (Wildman–Crippen MR) is 74.3 cm³/mol. The molecule has 1 heterocycles. The second kappa shape index (κ2) is 5.91. The van der Waals surface area contributed by atoms with E-state index in [-0.39, 0.29) is 0 Å². The fourth-order valence-electron chi connectivity index (χ4n) is 1.87. The quantitative estimate of drug-likeness (QED) is 0.773. The van der Waals surface area contributed by atoms with E-state index in [2.05, 4.69) is 15.7 Å². The molecule has 18 heavy (non-hydrogen) atoms. The van der Waals surface area contributed by atoms with Crippen LogP contribution in [0.15, 0.2) is 30.5 Å². The molecule has 96 valence electrons. The molecule has 0 aliphatic rings. The number of aromatic nitrogens is 2. The highest BCUT2D eigenvalue weighted by molar-refractivity contribution is 6.17. The lowest BCUT2D eigenvalue weighted by atomic mass is 10.2. The standard InChI is InChI=1S/C14H17ClN2O/c1-11-16-14(10-17(11)9-3-8-15)12-4-6-13(18-2)7-5-12/h4-7,10H,3,8-9H2,1-2H3. The zero-order chi connectivity index (χ0) is 13.0. The van der Waals surface area contributed by atoms with Crippen molar-refractivity contribution in [3.8, 4) is 17.0 Å². The molecule has 3 nitrogen and oxygen atoms in total. The van der Waals surface area contributed by atoms with Crippen LogP contribution in [0, 0.1) is 6.92 Å². The van der Waals surface area contributed by atoms with Gasteiger partial charge in [-0.3, -0.25) is 0 Å². The van der Waals surface area contributed by atoms with Crippen molar-refractivity contribution < 1.29 is 4.74 Å². The van der Waals surface area contributed by atoms with Crippen LogP contribution in [0.3, 0.4) is 0 Å². The summed E-state index contributed by atoms with van der Waals surface area (Å²) < 4.78 is 7.29. The molecule has 0 saturated heterocycles. The summed E-state index contributed by atoms with van der Waals surface area (Å²) in [6.45, 7) is 2.93. The fraction of sp³-hybridized carbons (Fsp3) is 0.357. The lowest BCUT2D eigenvalue weighted by Crippen LogP contribution is -1.99. The molecule has 4 heteroatoms. The Hall–Kier alpha value is -1.48. The summed E-state index contributed by atoms with van der Waals surface area (Å²) in [5, 5.41) is 0. The third-order valence-corrected chi connectivity index (χ3v) is 3.16. The first kappa shape index (κ1) is 13.0. The number of hydrogen-bond acceptors (Lipinski definition) is 2. The van der Waals surface area contributed by atoms with Crippen molar-refractivity contribution in [1.82, 2.24) is 9.55 Å². The molecule has 2 rings (SSSR count). The van der Waals surface area contributed by atoms with E-state index in [1.165, 1.54) is 0 Å². The highest BCUT2D eigenvalue weighted by Crippen LogP contribution is 2.21. The summed E-state index contributed by atoms with van der Waals surface area (Å²) in [6.07, 6.45) is 3.03. The Balaban J connectivity index is 2.21. The highest BCUT2D eigenvalue weighted by Gasteiger charge is 2.06. The second-order valence-corrected chi connectivity index (χ2v) is 4.52. The van der Waals surface area contributed by atoms with Crippen LogP contribution in [-0.2, 0) is 6.54 Å². The molecule has 0 radical (unpaired) electrons. The lowest BCUT2D eigenvalue weighted by molar-refractivity contribution is 0.415. The minimum Gasteiger partial charge on any atom is -0.497 e. The number of benzene rings is 1. The third kappa shape index (κ3) is 2.85. The van der Waals surface area contributed by atoms with Gasteiger partial charge in [0.2, 0.25) is 0 Å². The number of rotatable bonds is 5. The number of imidazole rings is 1. The summed E-state index contributed by atoms with van der Waals surface area (Å²) >= 11 is 5.71. The van der Waals surface area contributed by atoms with E-state index in [9.17, 15) is 0 Å². The van der Waals surface area contributed by atoms with E-state index in [0.717, 1.165) is 35.8 Å². The Morgan fingerprint density at radius 1 is 1.28 bits per heavy atom. The number of halogens is 1. The molecule has 0 saturated carbocycles. The van der Waals surface area contributed by atoms with Gasteiger partial charge in [-0.25, -0.2) is 4.98 Å². The summed E-state index contributed by atoms with van der Waals surface area (Å²) in [5.41, 5.74) is 2.09. The maximum absolute atomic E-state index is 5.71. The van der Waals surface area contributed by atoms with E-state index in [4.69, 9.17) is 16.3 Å². The molecule has 1 aromatic carbocycles. The Morgan fingerprint density at radius 2 is 2.00 bits per heavy atom. The molecule has 0 spiro atoms. The topological polar surface area (TPSA) is 27.1 Å². The van der Waals surface area contributed by atoms with Crippen LogP contribution in [0.2, 0.25) is 0 Å². The number of ether oxygens (including phenoxy) is 1. The van der Waals surface area contributed by atoms with E-state index < -0.39 is 0 Å². The largest absolute Gasteiger partial charge is 0.497 e. The third-order valence-electron chi connectivity index (χ3n) is 2.89. The molecule has 1 aromatic heterocycles. The molecule has 0 atom stereocenters. The van der Waals surface area contributed by atoms with Crippen molar-refractivity contribution in [2.24, 2.45) is 0 Å². The van der Waals surface area contributed by atoms with E-state index in [1.54, 1.807) is 7.11 Å². The number of alkyl halides is 1. The highest BCUT2D eigenvalue weighted by atomic mass is 35.5. The van der Waals surface area contributed by atoms with Crippen LogP contribution >= 0.6 is 11.6 Å². The number of nitrogens with zero attached hydrogens (tertiary/aromatic N) is 2. The van der Waals surface area contributed by atoms with Gasteiger partial charge in [-0.15, -0.1) is 11.6 Å². The van der Waals surface area contributed by atoms with Gasteiger partial charge in [0.25, 0.3) is 0 Å². The van der Waals surface area contributed by atoms with Crippen molar-refractivity contribution in [2.75, 3.05) is 13.0 Å². The average molecular weight is 265 g/mol. The lowest BCUT2D eigenvalue weighted by Gasteiger charge is -2.01. The van der Waals surface area contributed by atoms with Gasteiger partial charge < -0.3 is 9.30 Å². The van der Waals surface area contributed by atoms with Crippen molar-refractivity contribution in [3.05, 3.63) is 36.3 Å². The van der Waals surface area contributed by atoms with Gasteiger partial charge in [0.15, 0.2) is 0 Å². The minimum atomic E-state index is 0.676. The smallest absolute Gasteiger partial charge is 0.118 e. The monoisotopic (exact) mass is 264 g/mol. The molecule has 0 bridgehead atoms. The molecule has 0 N–H and O–H groups in total. The zero-order valence-electron chi connectivity index (χ0n) is 10.7. The number of aryl methyl sites for hydroxylation is 2. The molecule has 0 amide bonds. The van der Waals surface area contributed by atoms with Crippen molar-refractivity contribution >= 4 is 11.6 Å². The van der Waals surface area contributed by atoms with E-state index >= 15 is 0 Å². The van der Waals surface area contributed by atoms with E-state index in [1.807, 2.05) is 31.2 Å². The molecule has 0 aliphatic carbocycles. The number of hydrogen-bond donors (Lipinski definition) is 0. The van der Waals surface area contributed by atoms with Crippen LogP contribution in [0.4, 0.5) is 0 Å². The number of methoxy groups -OCH3 is 1.